The van der Waals surface area contributed by atoms with E-state index in [1.165, 1.54) is 0 Å². The van der Waals surface area contributed by atoms with E-state index in [2.05, 4.69) is 0 Å². The molecular formula is C5H4F6O2S. The molecule has 14 heavy (non-hydrogen) atoms. The van der Waals surface area contributed by atoms with Gasteiger partial charge in [0.25, 0.3) is 9.84 Å². The molecule has 0 aromatic rings. The van der Waals surface area contributed by atoms with Crippen LogP contribution in [0.15, 0.2) is 0 Å². The molecule has 1 unspecified atom stereocenters. The van der Waals surface area contributed by atoms with Gasteiger partial charge in [0.2, 0.25) is 5.67 Å². The van der Waals surface area contributed by atoms with Gasteiger partial charge in [0, 0.05) is 0 Å². The third-order valence-corrected chi connectivity index (χ3v) is 3.92. The van der Waals surface area contributed by atoms with Crippen LogP contribution in [0.25, 0.3) is 0 Å². The smallest absolute Gasteiger partial charge is 0.247 e. The number of alkyl halides is 6. The maximum Gasteiger partial charge on any atom is 0.387 e. The van der Waals surface area contributed by atoms with Gasteiger partial charge in [-0.25, -0.2) is 17.2 Å². The van der Waals surface area contributed by atoms with Crippen LogP contribution in [0.2, 0.25) is 0 Å². The molecule has 0 aliphatic carbocycles. The van der Waals surface area contributed by atoms with Crippen molar-refractivity contribution >= 4 is 9.84 Å². The maximum absolute atomic E-state index is 12.8. The lowest BCUT2D eigenvalue weighted by molar-refractivity contribution is -0.0874. The molecule has 84 valence electrons. The lowest BCUT2D eigenvalue weighted by Crippen LogP contribution is -2.45. The normalized spacial score (nSPS) is 38.4. The summed E-state index contributed by atoms with van der Waals surface area (Å²) in [5.74, 6) is 0. The van der Waals surface area contributed by atoms with Crippen molar-refractivity contribution in [2.24, 2.45) is 0 Å². The summed E-state index contributed by atoms with van der Waals surface area (Å²) in [4.78, 5) is 0. The molecule has 2 nitrogen and oxygen atoms in total. The molecule has 0 aromatic carbocycles. The number of rotatable bonds is 1. The first-order chi connectivity index (χ1) is 6.02. The molecule has 0 N–H and O–H groups in total. The quantitative estimate of drug-likeness (QED) is 0.655. The zero-order valence-electron chi connectivity index (χ0n) is 6.41. The lowest BCUT2D eigenvalue weighted by Gasteiger charge is -2.20. The standard InChI is InChI=1S/C5H4F6O2S/c6-2-3(7)1-4(8,9)14(12,13)5(3,10)11/h1-2H2. The minimum absolute atomic E-state index is 2.36. The summed E-state index contributed by atoms with van der Waals surface area (Å²) in [6.45, 7) is -2.48. The van der Waals surface area contributed by atoms with E-state index in [0.29, 0.717) is 0 Å². The average Bonchev–Trinajstić information content (AvgIpc) is 2.09. The fourth-order valence-electron chi connectivity index (χ4n) is 1.08. The van der Waals surface area contributed by atoms with Crippen LogP contribution in [-0.4, -0.2) is 31.3 Å². The van der Waals surface area contributed by atoms with Gasteiger partial charge < -0.3 is 0 Å². The van der Waals surface area contributed by atoms with Crippen molar-refractivity contribution in [3.8, 4) is 0 Å². The number of sulfone groups is 1. The predicted octanol–water partition coefficient (Wildman–Crippen LogP) is 1.67. The predicted molar refractivity (Wildman–Crippen MR) is 33.2 cm³/mol. The van der Waals surface area contributed by atoms with Crippen LogP contribution in [0.4, 0.5) is 26.3 Å². The summed E-state index contributed by atoms with van der Waals surface area (Å²) >= 11 is 0. The molecular weight excluding hydrogens is 238 g/mol. The van der Waals surface area contributed by atoms with Crippen LogP contribution >= 0.6 is 0 Å². The highest BCUT2D eigenvalue weighted by Crippen LogP contribution is 2.56. The second kappa shape index (κ2) is 2.56. The summed E-state index contributed by atoms with van der Waals surface area (Å²) in [6.07, 6.45) is -2.36. The van der Waals surface area contributed by atoms with Gasteiger partial charge in [-0.2, -0.15) is 17.6 Å². The van der Waals surface area contributed by atoms with Crippen molar-refractivity contribution in [3.05, 3.63) is 0 Å². The van der Waals surface area contributed by atoms with E-state index < -0.39 is 39.1 Å². The van der Waals surface area contributed by atoms with Gasteiger partial charge >= 0.3 is 10.5 Å². The van der Waals surface area contributed by atoms with E-state index >= 15 is 0 Å². The van der Waals surface area contributed by atoms with Gasteiger partial charge in [-0.15, -0.1) is 0 Å². The van der Waals surface area contributed by atoms with Crippen LogP contribution < -0.4 is 0 Å². The Kier molecular flexibility index (Phi) is 2.12. The average molecular weight is 242 g/mol. The van der Waals surface area contributed by atoms with Crippen LogP contribution in [0, 0.1) is 0 Å². The molecule has 0 saturated carbocycles. The second-order valence-electron chi connectivity index (χ2n) is 2.93. The van der Waals surface area contributed by atoms with Crippen LogP contribution in [0.5, 0.6) is 0 Å². The highest BCUT2D eigenvalue weighted by atomic mass is 32.2. The minimum atomic E-state index is -6.30. The molecule has 1 heterocycles. The van der Waals surface area contributed by atoms with Gasteiger partial charge in [-0.05, 0) is 0 Å². The van der Waals surface area contributed by atoms with Crippen molar-refractivity contribution in [2.75, 3.05) is 6.67 Å². The molecule has 1 atom stereocenters. The monoisotopic (exact) mass is 242 g/mol. The fourth-order valence-corrected chi connectivity index (χ4v) is 2.48. The van der Waals surface area contributed by atoms with E-state index in [4.69, 9.17) is 0 Å². The van der Waals surface area contributed by atoms with E-state index in [9.17, 15) is 34.8 Å². The van der Waals surface area contributed by atoms with Gasteiger partial charge in [-0.1, -0.05) is 0 Å². The van der Waals surface area contributed by atoms with E-state index in [0.717, 1.165) is 0 Å². The molecule has 1 saturated heterocycles. The summed E-state index contributed by atoms with van der Waals surface area (Å²) in [7, 11) is -6.30. The molecule has 1 aliphatic rings. The molecule has 0 bridgehead atoms. The Labute approximate surface area is 74.8 Å². The minimum Gasteiger partial charge on any atom is -0.247 e. The van der Waals surface area contributed by atoms with E-state index in [1.807, 2.05) is 0 Å². The Bertz CT molecular complexity index is 349. The summed E-state index contributed by atoms with van der Waals surface area (Å²) in [6, 6.07) is 0. The lowest BCUT2D eigenvalue weighted by atomic mass is 10.1. The molecule has 0 radical (unpaired) electrons. The molecule has 1 aliphatic heterocycles. The fraction of sp³-hybridized carbons (Fsp3) is 1.00. The molecule has 9 heteroatoms. The van der Waals surface area contributed by atoms with E-state index in [1.54, 1.807) is 0 Å². The van der Waals surface area contributed by atoms with Crippen LogP contribution in [0.1, 0.15) is 6.42 Å². The third-order valence-electron chi connectivity index (χ3n) is 1.95. The first kappa shape index (κ1) is 11.6. The Morgan fingerprint density at radius 1 is 1.07 bits per heavy atom. The summed E-state index contributed by atoms with van der Waals surface area (Å²) in [5, 5.41) is -10.3. The Balaban J connectivity index is 3.41. The molecule has 1 fully saturated rings. The maximum atomic E-state index is 12.8. The van der Waals surface area contributed by atoms with Crippen molar-refractivity contribution in [1.29, 1.82) is 0 Å². The van der Waals surface area contributed by atoms with Gasteiger partial charge in [0.1, 0.15) is 6.67 Å². The summed E-state index contributed by atoms with van der Waals surface area (Å²) < 4.78 is 95.5. The van der Waals surface area contributed by atoms with Gasteiger partial charge in [0.15, 0.2) is 0 Å². The van der Waals surface area contributed by atoms with Crippen molar-refractivity contribution in [3.63, 3.8) is 0 Å². The van der Waals surface area contributed by atoms with Crippen molar-refractivity contribution < 1.29 is 34.8 Å². The largest absolute Gasteiger partial charge is 0.387 e. The highest BCUT2D eigenvalue weighted by molar-refractivity contribution is 7.93. The molecule has 0 aromatic heterocycles. The second-order valence-corrected chi connectivity index (χ2v) is 5.05. The SMILES string of the molecule is O=S1(=O)C(F)(F)CC(F)(CF)C1(F)F. The molecule has 0 spiro atoms. The zero-order chi connectivity index (χ0) is 11.4. The van der Waals surface area contributed by atoms with Crippen molar-refractivity contribution in [1.82, 2.24) is 0 Å². The molecule has 1 rings (SSSR count). The third kappa shape index (κ3) is 1.01. The number of hydrogen-bond acceptors (Lipinski definition) is 2. The van der Waals surface area contributed by atoms with Gasteiger partial charge in [-0.3, -0.25) is 0 Å². The topological polar surface area (TPSA) is 34.1 Å². The first-order valence-electron chi connectivity index (χ1n) is 3.26. The Morgan fingerprint density at radius 3 is 1.64 bits per heavy atom. The van der Waals surface area contributed by atoms with Crippen LogP contribution in [-0.2, 0) is 9.84 Å². The number of halogens is 6. The molecule has 0 amide bonds. The summed E-state index contributed by atoms with van der Waals surface area (Å²) in [5.41, 5.74) is -4.34. The number of hydrogen-bond donors (Lipinski definition) is 0. The zero-order valence-corrected chi connectivity index (χ0v) is 7.22. The first-order valence-corrected chi connectivity index (χ1v) is 4.75. The van der Waals surface area contributed by atoms with Crippen molar-refractivity contribution in [2.45, 2.75) is 22.6 Å². The van der Waals surface area contributed by atoms with Crippen LogP contribution in [0.3, 0.4) is 0 Å². The Morgan fingerprint density at radius 2 is 1.50 bits per heavy atom. The Hall–Kier alpha value is -0.470. The van der Waals surface area contributed by atoms with E-state index in [-0.39, 0.29) is 0 Å². The van der Waals surface area contributed by atoms with Gasteiger partial charge in [0.05, 0.1) is 6.42 Å². The highest BCUT2D eigenvalue weighted by Gasteiger charge is 2.80.